The first-order valence-corrected chi connectivity index (χ1v) is 7.41. The molecule has 1 atom stereocenters. The summed E-state index contributed by atoms with van der Waals surface area (Å²) in [6.45, 7) is 12.2. The SMILES string of the molecule is CC(C)[C@H](C)NC(=O)CSc1nnnn1C(C)(C)C. The van der Waals surface area contributed by atoms with E-state index in [0.29, 0.717) is 16.8 Å². The quantitative estimate of drug-likeness (QED) is 0.833. The van der Waals surface area contributed by atoms with Crippen molar-refractivity contribution < 1.29 is 4.79 Å². The third kappa shape index (κ3) is 4.81. The second-order valence-electron chi connectivity index (χ2n) is 5.93. The molecule has 1 heterocycles. The summed E-state index contributed by atoms with van der Waals surface area (Å²) in [4.78, 5) is 11.8. The summed E-state index contributed by atoms with van der Waals surface area (Å²) in [6, 6.07) is 0.173. The molecule has 0 aliphatic heterocycles. The molecule has 0 saturated heterocycles. The Kier molecular flexibility index (Phi) is 5.34. The second-order valence-corrected chi connectivity index (χ2v) is 6.88. The lowest BCUT2D eigenvalue weighted by Crippen LogP contribution is -2.37. The maximum absolute atomic E-state index is 11.8. The Morgan fingerprint density at radius 2 is 2.00 bits per heavy atom. The van der Waals surface area contributed by atoms with E-state index in [9.17, 15) is 4.79 Å². The van der Waals surface area contributed by atoms with Gasteiger partial charge in [0.15, 0.2) is 0 Å². The normalized spacial score (nSPS) is 13.6. The number of aromatic nitrogens is 4. The molecule has 108 valence electrons. The molecule has 0 spiro atoms. The van der Waals surface area contributed by atoms with E-state index in [1.54, 1.807) is 4.68 Å². The van der Waals surface area contributed by atoms with Crippen LogP contribution in [0, 0.1) is 5.92 Å². The lowest BCUT2D eigenvalue weighted by atomic mass is 10.1. The first kappa shape index (κ1) is 15.9. The molecule has 1 amide bonds. The van der Waals surface area contributed by atoms with Crippen molar-refractivity contribution in [3.05, 3.63) is 0 Å². The smallest absolute Gasteiger partial charge is 0.230 e. The molecule has 1 aromatic heterocycles. The van der Waals surface area contributed by atoms with Crippen LogP contribution in [0.2, 0.25) is 0 Å². The van der Waals surface area contributed by atoms with Gasteiger partial charge in [-0.1, -0.05) is 25.6 Å². The van der Waals surface area contributed by atoms with Gasteiger partial charge in [0.2, 0.25) is 11.1 Å². The summed E-state index contributed by atoms with van der Waals surface area (Å²) in [5.41, 5.74) is -0.187. The molecule has 7 heteroatoms. The Bertz CT molecular complexity index is 424. The fraction of sp³-hybridized carbons (Fsp3) is 0.833. The molecule has 0 aliphatic rings. The first-order valence-electron chi connectivity index (χ1n) is 6.43. The number of rotatable bonds is 5. The highest BCUT2D eigenvalue weighted by Crippen LogP contribution is 2.21. The monoisotopic (exact) mass is 285 g/mol. The molecular formula is C12H23N5OS. The van der Waals surface area contributed by atoms with E-state index in [1.165, 1.54) is 11.8 Å². The molecule has 0 bridgehead atoms. The third-order valence-electron chi connectivity index (χ3n) is 2.80. The number of hydrogen-bond donors (Lipinski definition) is 1. The van der Waals surface area contributed by atoms with Crippen molar-refractivity contribution in [2.45, 2.75) is 58.3 Å². The van der Waals surface area contributed by atoms with Crippen LogP contribution in [-0.2, 0) is 10.3 Å². The van der Waals surface area contributed by atoms with Gasteiger partial charge in [-0.15, -0.1) is 5.10 Å². The van der Waals surface area contributed by atoms with E-state index in [-0.39, 0.29) is 17.5 Å². The average molecular weight is 285 g/mol. The van der Waals surface area contributed by atoms with Crippen molar-refractivity contribution in [1.29, 1.82) is 0 Å². The summed E-state index contributed by atoms with van der Waals surface area (Å²) in [5.74, 6) is 0.761. The number of tetrazole rings is 1. The zero-order chi connectivity index (χ0) is 14.6. The summed E-state index contributed by atoms with van der Waals surface area (Å²) in [6.07, 6.45) is 0. The number of amides is 1. The van der Waals surface area contributed by atoms with Crippen LogP contribution in [0.1, 0.15) is 41.5 Å². The van der Waals surface area contributed by atoms with E-state index >= 15 is 0 Å². The molecule has 0 fully saturated rings. The minimum atomic E-state index is -0.187. The standard InChI is InChI=1S/C12H23N5OS/c1-8(2)9(3)13-10(18)7-19-11-14-15-16-17(11)12(4,5)6/h8-9H,7H2,1-6H3,(H,13,18)/t9-/m0/s1. The highest BCUT2D eigenvalue weighted by molar-refractivity contribution is 7.99. The summed E-state index contributed by atoms with van der Waals surface area (Å²) in [7, 11) is 0. The predicted molar refractivity (Wildman–Crippen MR) is 76.0 cm³/mol. The zero-order valence-electron chi connectivity index (χ0n) is 12.5. The lowest BCUT2D eigenvalue weighted by molar-refractivity contribution is -0.119. The lowest BCUT2D eigenvalue weighted by Gasteiger charge is -2.20. The molecule has 0 unspecified atom stereocenters. The summed E-state index contributed by atoms with van der Waals surface area (Å²) >= 11 is 1.36. The summed E-state index contributed by atoms with van der Waals surface area (Å²) in [5, 5.41) is 15.2. The van der Waals surface area contributed by atoms with Crippen molar-refractivity contribution in [3.63, 3.8) is 0 Å². The number of nitrogens with one attached hydrogen (secondary N) is 1. The molecule has 1 aromatic rings. The molecule has 0 radical (unpaired) electrons. The first-order chi connectivity index (χ1) is 8.71. The topological polar surface area (TPSA) is 72.7 Å². The molecule has 19 heavy (non-hydrogen) atoms. The Morgan fingerprint density at radius 1 is 1.37 bits per heavy atom. The van der Waals surface area contributed by atoms with Gasteiger partial charge in [0.25, 0.3) is 0 Å². The Labute approximate surface area is 118 Å². The van der Waals surface area contributed by atoms with E-state index < -0.39 is 0 Å². The molecule has 0 aliphatic carbocycles. The van der Waals surface area contributed by atoms with E-state index in [4.69, 9.17) is 0 Å². The van der Waals surface area contributed by atoms with Crippen LogP contribution < -0.4 is 5.32 Å². The van der Waals surface area contributed by atoms with Gasteiger partial charge in [-0.05, 0) is 44.0 Å². The Balaban J connectivity index is 2.54. The van der Waals surface area contributed by atoms with Crippen LogP contribution in [0.25, 0.3) is 0 Å². The predicted octanol–water partition coefficient (Wildman–Crippen LogP) is 1.68. The van der Waals surface area contributed by atoms with Gasteiger partial charge in [-0.2, -0.15) is 0 Å². The van der Waals surface area contributed by atoms with Crippen molar-refractivity contribution in [2.24, 2.45) is 5.92 Å². The van der Waals surface area contributed by atoms with Crippen molar-refractivity contribution in [1.82, 2.24) is 25.5 Å². The number of hydrogen-bond acceptors (Lipinski definition) is 5. The number of nitrogens with zero attached hydrogens (tertiary/aromatic N) is 4. The van der Waals surface area contributed by atoms with Crippen molar-refractivity contribution in [3.8, 4) is 0 Å². The molecular weight excluding hydrogens is 262 g/mol. The summed E-state index contributed by atoms with van der Waals surface area (Å²) < 4.78 is 1.73. The number of thioether (sulfide) groups is 1. The average Bonchev–Trinajstić information content (AvgIpc) is 2.73. The Morgan fingerprint density at radius 3 is 2.53 bits per heavy atom. The van der Waals surface area contributed by atoms with Crippen LogP contribution in [-0.4, -0.2) is 37.9 Å². The van der Waals surface area contributed by atoms with Gasteiger partial charge in [-0.25, -0.2) is 4.68 Å². The van der Waals surface area contributed by atoms with Crippen LogP contribution >= 0.6 is 11.8 Å². The minimum Gasteiger partial charge on any atom is -0.353 e. The van der Waals surface area contributed by atoms with Crippen LogP contribution in [0.4, 0.5) is 0 Å². The van der Waals surface area contributed by atoms with Crippen LogP contribution in [0.15, 0.2) is 5.16 Å². The molecule has 6 nitrogen and oxygen atoms in total. The second kappa shape index (κ2) is 6.36. The van der Waals surface area contributed by atoms with E-state index in [1.807, 2.05) is 27.7 Å². The number of carbonyl (C=O) groups is 1. The van der Waals surface area contributed by atoms with Gasteiger partial charge in [0.05, 0.1) is 11.3 Å². The van der Waals surface area contributed by atoms with Crippen LogP contribution in [0.3, 0.4) is 0 Å². The van der Waals surface area contributed by atoms with Crippen LogP contribution in [0.5, 0.6) is 0 Å². The number of carbonyl (C=O) groups excluding carboxylic acids is 1. The maximum atomic E-state index is 11.8. The highest BCUT2D eigenvalue weighted by Gasteiger charge is 2.21. The molecule has 0 aromatic carbocycles. The Hall–Kier alpha value is -1.11. The molecule has 1 N–H and O–H groups in total. The minimum absolute atomic E-state index is 0.00894. The molecule has 1 rings (SSSR count). The van der Waals surface area contributed by atoms with Gasteiger partial charge >= 0.3 is 0 Å². The highest BCUT2D eigenvalue weighted by atomic mass is 32.2. The maximum Gasteiger partial charge on any atom is 0.230 e. The van der Waals surface area contributed by atoms with Gasteiger partial charge in [0.1, 0.15) is 0 Å². The fourth-order valence-corrected chi connectivity index (χ4v) is 2.15. The zero-order valence-corrected chi connectivity index (χ0v) is 13.3. The van der Waals surface area contributed by atoms with Gasteiger partial charge in [-0.3, -0.25) is 4.79 Å². The van der Waals surface area contributed by atoms with Gasteiger partial charge in [0, 0.05) is 6.04 Å². The van der Waals surface area contributed by atoms with Crippen molar-refractivity contribution >= 4 is 17.7 Å². The third-order valence-corrected chi connectivity index (χ3v) is 3.72. The molecule has 0 saturated carbocycles. The van der Waals surface area contributed by atoms with E-state index in [2.05, 4.69) is 34.7 Å². The largest absolute Gasteiger partial charge is 0.353 e. The fourth-order valence-electron chi connectivity index (χ4n) is 1.28. The van der Waals surface area contributed by atoms with Crippen molar-refractivity contribution in [2.75, 3.05) is 5.75 Å². The van der Waals surface area contributed by atoms with E-state index in [0.717, 1.165) is 0 Å². The van der Waals surface area contributed by atoms with Gasteiger partial charge < -0.3 is 5.32 Å².